The molecule has 0 aliphatic carbocycles. The van der Waals surface area contributed by atoms with Crippen molar-refractivity contribution in [1.29, 1.82) is 0 Å². The van der Waals surface area contributed by atoms with Gasteiger partial charge in [-0.15, -0.1) is 0 Å². The fourth-order valence-corrected chi connectivity index (χ4v) is 3.06. The van der Waals surface area contributed by atoms with Gasteiger partial charge in [0.05, 0.1) is 5.56 Å². The van der Waals surface area contributed by atoms with Gasteiger partial charge in [0, 0.05) is 17.4 Å². The standard InChI is InChI=1S/C21H20O5/c1-4-16-20(14-7-5-6-8-17(14)26-16)21(24)15-9-13(3)18(10-12(15)2)25-11-19(22)23/h5-10H,4,11H2,1-3H3,(H,22,23). The van der Waals surface area contributed by atoms with Crippen LogP contribution in [0.15, 0.2) is 40.8 Å². The first-order valence-corrected chi connectivity index (χ1v) is 8.43. The number of rotatable bonds is 6. The molecule has 0 saturated carbocycles. The Morgan fingerprint density at radius 1 is 1.12 bits per heavy atom. The Bertz CT molecular complexity index is 997. The maximum Gasteiger partial charge on any atom is 0.341 e. The van der Waals surface area contributed by atoms with Gasteiger partial charge in [-0.2, -0.15) is 0 Å². The molecular weight excluding hydrogens is 332 g/mol. The van der Waals surface area contributed by atoms with Crippen LogP contribution in [0.5, 0.6) is 5.75 Å². The Kier molecular flexibility index (Phi) is 4.80. The number of fused-ring (bicyclic) bond motifs is 1. The third-order valence-electron chi connectivity index (χ3n) is 4.33. The molecule has 0 bridgehead atoms. The summed E-state index contributed by atoms with van der Waals surface area (Å²) in [5.74, 6) is -0.00878. The predicted molar refractivity (Wildman–Crippen MR) is 98.1 cm³/mol. The zero-order valence-corrected chi connectivity index (χ0v) is 15.0. The molecule has 0 unspecified atom stereocenters. The third-order valence-corrected chi connectivity index (χ3v) is 4.33. The van der Waals surface area contributed by atoms with Gasteiger partial charge in [0.15, 0.2) is 12.4 Å². The van der Waals surface area contributed by atoms with Crippen molar-refractivity contribution in [3.63, 3.8) is 0 Å². The van der Waals surface area contributed by atoms with E-state index in [0.717, 1.165) is 10.9 Å². The Morgan fingerprint density at radius 2 is 1.85 bits per heavy atom. The highest BCUT2D eigenvalue weighted by atomic mass is 16.5. The van der Waals surface area contributed by atoms with Gasteiger partial charge in [-0.3, -0.25) is 4.79 Å². The van der Waals surface area contributed by atoms with Crippen LogP contribution in [0.2, 0.25) is 0 Å². The summed E-state index contributed by atoms with van der Waals surface area (Å²) in [4.78, 5) is 24.0. The molecular formula is C21H20O5. The van der Waals surface area contributed by atoms with Crippen molar-refractivity contribution >= 4 is 22.7 Å². The van der Waals surface area contributed by atoms with Crippen molar-refractivity contribution < 1.29 is 23.8 Å². The number of carboxylic acid groups (broad SMARTS) is 1. The topological polar surface area (TPSA) is 76.7 Å². The highest BCUT2D eigenvalue weighted by Crippen LogP contribution is 2.31. The monoisotopic (exact) mass is 352 g/mol. The lowest BCUT2D eigenvalue weighted by molar-refractivity contribution is -0.139. The predicted octanol–water partition coefficient (Wildman–Crippen LogP) is 4.31. The smallest absolute Gasteiger partial charge is 0.341 e. The highest BCUT2D eigenvalue weighted by molar-refractivity contribution is 6.17. The molecule has 26 heavy (non-hydrogen) atoms. The van der Waals surface area contributed by atoms with Crippen molar-refractivity contribution in [2.75, 3.05) is 6.61 Å². The Morgan fingerprint density at radius 3 is 2.54 bits per heavy atom. The molecule has 5 nitrogen and oxygen atoms in total. The average molecular weight is 352 g/mol. The maximum absolute atomic E-state index is 13.3. The molecule has 1 aromatic heterocycles. The number of furan rings is 1. The molecule has 0 saturated heterocycles. The van der Waals surface area contributed by atoms with Crippen LogP contribution in [0.4, 0.5) is 0 Å². The number of benzene rings is 2. The van der Waals surface area contributed by atoms with Crippen molar-refractivity contribution in [1.82, 2.24) is 0 Å². The van der Waals surface area contributed by atoms with Gasteiger partial charge in [-0.1, -0.05) is 25.1 Å². The zero-order chi connectivity index (χ0) is 18.8. The number of carbonyl (C=O) groups is 2. The van der Waals surface area contributed by atoms with Crippen LogP contribution < -0.4 is 4.74 Å². The van der Waals surface area contributed by atoms with Gasteiger partial charge in [-0.25, -0.2) is 4.79 Å². The van der Waals surface area contributed by atoms with E-state index in [1.165, 1.54) is 0 Å². The summed E-state index contributed by atoms with van der Waals surface area (Å²) in [5, 5.41) is 9.57. The van der Waals surface area contributed by atoms with Crippen molar-refractivity contribution in [3.8, 4) is 5.75 Å². The number of hydrogen-bond donors (Lipinski definition) is 1. The van der Waals surface area contributed by atoms with E-state index >= 15 is 0 Å². The second-order valence-electron chi connectivity index (χ2n) is 6.19. The fraction of sp³-hybridized carbons (Fsp3) is 0.238. The lowest BCUT2D eigenvalue weighted by Gasteiger charge is -2.12. The lowest BCUT2D eigenvalue weighted by Crippen LogP contribution is -2.11. The quantitative estimate of drug-likeness (QED) is 0.669. The molecule has 2 aromatic carbocycles. The van der Waals surface area contributed by atoms with Crippen molar-refractivity contribution in [2.24, 2.45) is 0 Å². The summed E-state index contributed by atoms with van der Waals surface area (Å²) in [6.45, 7) is 5.14. The summed E-state index contributed by atoms with van der Waals surface area (Å²) in [5.41, 5.74) is 3.29. The van der Waals surface area contributed by atoms with Crippen LogP contribution in [0.25, 0.3) is 11.0 Å². The molecule has 0 fully saturated rings. The number of para-hydroxylation sites is 1. The van der Waals surface area contributed by atoms with E-state index in [1.54, 1.807) is 19.1 Å². The molecule has 3 rings (SSSR count). The molecule has 1 heterocycles. The Labute approximate surface area is 151 Å². The van der Waals surface area contributed by atoms with Gasteiger partial charge in [0.2, 0.25) is 0 Å². The molecule has 0 aliphatic heterocycles. The van der Waals surface area contributed by atoms with E-state index in [-0.39, 0.29) is 5.78 Å². The number of ketones is 1. The van der Waals surface area contributed by atoms with Crippen LogP contribution >= 0.6 is 0 Å². The molecule has 3 aromatic rings. The Hall–Kier alpha value is -3.08. The van der Waals surface area contributed by atoms with E-state index in [4.69, 9.17) is 14.3 Å². The molecule has 0 atom stereocenters. The number of carboxylic acids is 1. The van der Waals surface area contributed by atoms with Gasteiger partial charge in [0.25, 0.3) is 0 Å². The fourth-order valence-electron chi connectivity index (χ4n) is 3.06. The molecule has 0 amide bonds. The number of aliphatic carboxylic acids is 1. The second kappa shape index (κ2) is 7.04. The molecule has 0 aliphatic rings. The minimum absolute atomic E-state index is 0.0998. The molecule has 0 spiro atoms. The summed E-state index contributed by atoms with van der Waals surface area (Å²) >= 11 is 0. The SMILES string of the molecule is CCc1oc2ccccc2c1C(=O)c1cc(C)c(OCC(=O)O)cc1C. The van der Waals surface area contributed by atoms with Crippen LogP contribution in [-0.4, -0.2) is 23.5 Å². The van der Waals surface area contributed by atoms with E-state index in [9.17, 15) is 9.59 Å². The summed E-state index contributed by atoms with van der Waals surface area (Å²) in [6, 6.07) is 11.0. The number of carbonyl (C=O) groups excluding carboxylic acids is 1. The van der Waals surface area contributed by atoms with Gasteiger partial charge in [0.1, 0.15) is 17.1 Å². The van der Waals surface area contributed by atoms with Gasteiger partial charge >= 0.3 is 5.97 Å². The van der Waals surface area contributed by atoms with E-state index < -0.39 is 12.6 Å². The van der Waals surface area contributed by atoms with Crippen LogP contribution in [0.1, 0.15) is 39.7 Å². The number of ether oxygens (including phenoxy) is 1. The largest absolute Gasteiger partial charge is 0.482 e. The second-order valence-corrected chi connectivity index (χ2v) is 6.19. The van der Waals surface area contributed by atoms with E-state index in [2.05, 4.69) is 0 Å². The minimum Gasteiger partial charge on any atom is -0.482 e. The first-order valence-electron chi connectivity index (χ1n) is 8.43. The number of hydrogen-bond acceptors (Lipinski definition) is 4. The zero-order valence-electron chi connectivity index (χ0n) is 15.0. The molecule has 1 N–H and O–H groups in total. The van der Waals surface area contributed by atoms with Crippen molar-refractivity contribution in [2.45, 2.75) is 27.2 Å². The minimum atomic E-state index is -1.04. The third kappa shape index (κ3) is 3.20. The van der Waals surface area contributed by atoms with E-state index in [1.807, 2.05) is 38.1 Å². The number of aryl methyl sites for hydroxylation is 3. The maximum atomic E-state index is 13.3. The highest BCUT2D eigenvalue weighted by Gasteiger charge is 2.23. The van der Waals surface area contributed by atoms with Crippen LogP contribution in [0, 0.1) is 13.8 Å². The molecule has 134 valence electrons. The van der Waals surface area contributed by atoms with E-state index in [0.29, 0.717) is 40.2 Å². The lowest BCUT2D eigenvalue weighted by atomic mass is 9.94. The molecule has 0 radical (unpaired) electrons. The van der Waals surface area contributed by atoms with Crippen LogP contribution in [-0.2, 0) is 11.2 Å². The summed E-state index contributed by atoms with van der Waals surface area (Å²) < 4.78 is 11.1. The molecule has 5 heteroatoms. The van der Waals surface area contributed by atoms with Gasteiger partial charge < -0.3 is 14.3 Å². The summed E-state index contributed by atoms with van der Waals surface area (Å²) in [6.07, 6.45) is 0.619. The first kappa shape index (κ1) is 17.7. The van der Waals surface area contributed by atoms with Crippen molar-refractivity contribution in [3.05, 3.63) is 64.4 Å². The van der Waals surface area contributed by atoms with Crippen LogP contribution in [0.3, 0.4) is 0 Å². The van der Waals surface area contributed by atoms with Gasteiger partial charge in [-0.05, 0) is 43.2 Å². The average Bonchev–Trinajstić information content (AvgIpc) is 3.00. The summed E-state index contributed by atoms with van der Waals surface area (Å²) in [7, 11) is 0. The first-order chi connectivity index (χ1) is 12.4. The Balaban J connectivity index is 2.06. The normalized spacial score (nSPS) is 10.9.